The molecule has 1 amide bonds. The monoisotopic (exact) mass is 345 g/mol. The number of nitrogens with zero attached hydrogens (tertiary/aromatic N) is 1. The van der Waals surface area contributed by atoms with Gasteiger partial charge in [-0.25, -0.2) is 0 Å². The lowest BCUT2D eigenvalue weighted by Crippen LogP contribution is -2.51. The van der Waals surface area contributed by atoms with Crippen LogP contribution in [-0.4, -0.2) is 30.6 Å². The lowest BCUT2D eigenvalue weighted by molar-refractivity contribution is -0.137. The van der Waals surface area contributed by atoms with Crippen molar-refractivity contribution in [2.45, 2.75) is 38.8 Å². The average Bonchev–Trinajstić information content (AvgIpc) is 3.05. The molecule has 1 aliphatic heterocycles. The van der Waals surface area contributed by atoms with Crippen LogP contribution in [0.1, 0.15) is 29.9 Å². The van der Waals surface area contributed by atoms with Crippen LogP contribution in [0.15, 0.2) is 29.6 Å². The van der Waals surface area contributed by atoms with Crippen molar-refractivity contribution in [2.24, 2.45) is 0 Å². The van der Waals surface area contributed by atoms with Crippen LogP contribution in [0.2, 0.25) is 0 Å². The van der Waals surface area contributed by atoms with E-state index in [-0.39, 0.29) is 11.4 Å². The first-order chi connectivity index (χ1) is 11.4. The zero-order valence-electron chi connectivity index (χ0n) is 14.6. The molecule has 0 fully saturated rings. The highest BCUT2D eigenvalue weighted by atomic mass is 32.1. The van der Waals surface area contributed by atoms with Gasteiger partial charge >= 0.3 is 0 Å². The first-order valence-corrected chi connectivity index (χ1v) is 8.89. The van der Waals surface area contributed by atoms with Gasteiger partial charge in [-0.15, -0.1) is 11.3 Å². The van der Waals surface area contributed by atoms with Crippen molar-refractivity contribution in [1.82, 2.24) is 4.90 Å². The number of thiophene rings is 1. The Kier molecular flexibility index (Phi) is 4.54. The number of amides is 1. The minimum Gasteiger partial charge on any atom is -0.493 e. The highest BCUT2D eigenvalue weighted by Crippen LogP contribution is 2.38. The molecular formula is C19H23NO3S. The van der Waals surface area contributed by atoms with E-state index in [1.165, 1.54) is 5.56 Å². The molecule has 0 N–H and O–H groups in total. The van der Waals surface area contributed by atoms with Crippen molar-refractivity contribution in [3.63, 3.8) is 0 Å². The molecule has 128 valence electrons. The summed E-state index contributed by atoms with van der Waals surface area (Å²) in [5.74, 6) is 1.62. The summed E-state index contributed by atoms with van der Waals surface area (Å²) < 4.78 is 10.8. The van der Waals surface area contributed by atoms with E-state index in [4.69, 9.17) is 9.47 Å². The van der Waals surface area contributed by atoms with Crippen molar-refractivity contribution < 1.29 is 14.3 Å². The summed E-state index contributed by atoms with van der Waals surface area (Å²) in [4.78, 5) is 15.9. The number of benzene rings is 1. The Balaban J connectivity index is 1.90. The van der Waals surface area contributed by atoms with Crippen LogP contribution >= 0.6 is 11.3 Å². The molecule has 2 aromatic rings. The number of hydrogen-bond acceptors (Lipinski definition) is 4. The van der Waals surface area contributed by atoms with Gasteiger partial charge in [0, 0.05) is 17.0 Å². The predicted molar refractivity (Wildman–Crippen MR) is 95.9 cm³/mol. The molecule has 0 bridgehead atoms. The third-order valence-electron chi connectivity index (χ3n) is 4.59. The van der Waals surface area contributed by atoms with Crippen LogP contribution in [0.5, 0.6) is 11.5 Å². The molecule has 0 aliphatic carbocycles. The molecule has 24 heavy (non-hydrogen) atoms. The lowest BCUT2D eigenvalue weighted by atomic mass is 9.85. The zero-order chi connectivity index (χ0) is 17.3. The van der Waals surface area contributed by atoms with Crippen LogP contribution in [0.25, 0.3) is 0 Å². The standard InChI is InChI=1S/C19H23NO3S/c1-19(2)11-13-8-16(22-3)17(23-4)9-14(13)12-20(19)18(21)10-15-6-5-7-24-15/h5-9H,10-12H2,1-4H3. The van der Waals surface area contributed by atoms with E-state index < -0.39 is 0 Å². The quantitative estimate of drug-likeness (QED) is 0.849. The molecule has 0 spiro atoms. The average molecular weight is 345 g/mol. The smallest absolute Gasteiger partial charge is 0.228 e. The number of fused-ring (bicyclic) bond motifs is 1. The Morgan fingerprint density at radius 2 is 1.88 bits per heavy atom. The van der Waals surface area contributed by atoms with E-state index in [0.29, 0.717) is 18.7 Å². The summed E-state index contributed by atoms with van der Waals surface area (Å²) in [7, 11) is 3.28. The van der Waals surface area contributed by atoms with E-state index >= 15 is 0 Å². The highest BCUT2D eigenvalue weighted by molar-refractivity contribution is 7.10. The second-order valence-electron chi connectivity index (χ2n) is 6.70. The predicted octanol–water partition coefficient (Wildman–Crippen LogP) is 3.67. The van der Waals surface area contributed by atoms with Crippen molar-refractivity contribution in [3.8, 4) is 11.5 Å². The van der Waals surface area contributed by atoms with Gasteiger partial charge < -0.3 is 14.4 Å². The molecule has 0 radical (unpaired) electrons. The van der Waals surface area contributed by atoms with Crippen LogP contribution in [-0.2, 0) is 24.2 Å². The van der Waals surface area contributed by atoms with E-state index in [9.17, 15) is 4.79 Å². The van der Waals surface area contributed by atoms with Crippen LogP contribution in [0, 0.1) is 0 Å². The van der Waals surface area contributed by atoms with E-state index in [2.05, 4.69) is 13.8 Å². The van der Waals surface area contributed by atoms with Gasteiger partial charge in [-0.1, -0.05) is 6.07 Å². The van der Waals surface area contributed by atoms with Crippen molar-refractivity contribution in [1.29, 1.82) is 0 Å². The van der Waals surface area contributed by atoms with Crippen LogP contribution in [0.4, 0.5) is 0 Å². The molecule has 0 atom stereocenters. The van der Waals surface area contributed by atoms with Gasteiger partial charge in [-0.3, -0.25) is 4.79 Å². The van der Waals surface area contributed by atoms with Crippen LogP contribution < -0.4 is 9.47 Å². The molecule has 1 aromatic heterocycles. The molecule has 4 nitrogen and oxygen atoms in total. The topological polar surface area (TPSA) is 38.8 Å². The molecule has 1 aliphatic rings. The minimum absolute atomic E-state index is 0.169. The molecular weight excluding hydrogens is 322 g/mol. The van der Waals surface area contributed by atoms with Gasteiger partial charge in [0.15, 0.2) is 11.5 Å². The second kappa shape index (κ2) is 6.48. The number of carbonyl (C=O) groups is 1. The third-order valence-corrected chi connectivity index (χ3v) is 5.47. The fraction of sp³-hybridized carbons (Fsp3) is 0.421. The maximum absolute atomic E-state index is 12.8. The van der Waals surface area contributed by atoms with Gasteiger partial charge in [0.05, 0.1) is 20.6 Å². The minimum atomic E-state index is -0.221. The van der Waals surface area contributed by atoms with E-state index in [1.807, 2.05) is 34.5 Å². The number of carbonyl (C=O) groups excluding carboxylic acids is 1. The highest BCUT2D eigenvalue weighted by Gasteiger charge is 2.36. The first kappa shape index (κ1) is 16.8. The van der Waals surface area contributed by atoms with Crippen molar-refractivity contribution in [3.05, 3.63) is 45.6 Å². The molecule has 1 aromatic carbocycles. The molecule has 0 saturated heterocycles. The van der Waals surface area contributed by atoms with Gasteiger partial charge in [-0.05, 0) is 55.0 Å². The normalized spacial score (nSPS) is 15.8. The summed E-state index contributed by atoms with van der Waals surface area (Å²) in [6.07, 6.45) is 1.27. The fourth-order valence-electron chi connectivity index (χ4n) is 3.30. The Morgan fingerprint density at radius 3 is 2.46 bits per heavy atom. The summed E-state index contributed by atoms with van der Waals surface area (Å²) in [5.41, 5.74) is 2.13. The van der Waals surface area contributed by atoms with E-state index in [0.717, 1.165) is 22.6 Å². The van der Waals surface area contributed by atoms with Gasteiger partial charge in [-0.2, -0.15) is 0 Å². The number of rotatable bonds is 4. The van der Waals surface area contributed by atoms with E-state index in [1.54, 1.807) is 25.6 Å². The summed E-state index contributed by atoms with van der Waals surface area (Å²) in [6, 6.07) is 8.04. The SMILES string of the molecule is COc1cc2c(cc1OC)CC(C)(C)N(C(=O)Cc1cccs1)C2. The first-order valence-electron chi connectivity index (χ1n) is 8.01. The Labute approximate surface area is 147 Å². The van der Waals surface area contributed by atoms with Crippen molar-refractivity contribution in [2.75, 3.05) is 14.2 Å². The number of methoxy groups -OCH3 is 2. The summed E-state index contributed by atoms with van der Waals surface area (Å²) >= 11 is 1.63. The maximum atomic E-state index is 12.8. The number of ether oxygens (including phenoxy) is 2. The van der Waals surface area contributed by atoms with Crippen molar-refractivity contribution >= 4 is 17.2 Å². The maximum Gasteiger partial charge on any atom is 0.228 e. The van der Waals surface area contributed by atoms with Gasteiger partial charge in [0.1, 0.15) is 0 Å². The fourth-order valence-corrected chi connectivity index (χ4v) is 4.00. The molecule has 2 heterocycles. The molecule has 0 saturated carbocycles. The Morgan fingerprint density at radius 1 is 1.21 bits per heavy atom. The zero-order valence-corrected chi connectivity index (χ0v) is 15.4. The summed E-state index contributed by atoms with van der Waals surface area (Å²) in [6.45, 7) is 4.85. The van der Waals surface area contributed by atoms with Gasteiger partial charge in [0.2, 0.25) is 5.91 Å². The Bertz CT molecular complexity index is 737. The summed E-state index contributed by atoms with van der Waals surface area (Å²) in [5, 5.41) is 2.01. The Hall–Kier alpha value is -2.01. The lowest BCUT2D eigenvalue weighted by Gasteiger charge is -2.43. The molecule has 5 heteroatoms. The second-order valence-corrected chi connectivity index (χ2v) is 7.73. The largest absolute Gasteiger partial charge is 0.493 e. The van der Waals surface area contributed by atoms with Crippen LogP contribution in [0.3, 0.4) is 0 Å². The molecule has 0 unspecified atom stereocenters. The number of hydrogen-bond donors (Lipinski definition) is 0. The molecule has 3 rings (SSSR count). The third kappa shape index (κ3) is 3.13. The van der Waals surface area contributed by atoms with Gasteiger partial charge in [0.25, 0.3) is 0 Å².